The van der Waals surface area contributed by atoms with E-state index in [1.165, 1.54) is 0 Å². The van der Waals surface area contributed by atoms with Crippen molar-refractivity contribution in [2.24, 2.45) is 11.7 Å². The SMILES string of the molecule is NCc1cccc(C(C(F)F)C2CCCC2)c1. The summed E-state index contributed by atoms with van der Waals surface area (Å²) in [6.45, 7) is 0.411. The van der Waals surface area contributed by atoms with E-state index in [9.17, 15) is 8.78 Å². The van der Waals surface area contributed by atoms with Crippen LogP contribution in [0.5, 0.6) is 0 Å². The van der Waals surface area contributed by atoms with E-state index in [1.54, 1.807) is 0 Å². The maximum absolute atomic E-state index is 13.2. The molecule has 0 aromatic heterocycles. The summed E-state index contributed by atoms with van der Waals surface area (Å²) >= 11 is 0. The molecule has 0 radical (unpaired) electrons. The van der Waals surface area contributed by atoms with Crippen molar-refractivity contribution in [2.45, 2.75) is 44.6 Å². The van der Waals surface area contributed by atoms with Crippen LogP contribution in [0.1, 0.15) is 42.7 Å². The lowest BCUT2D eigenvalue weighted by Gasteiger charge is -2.23. The maximum Gasteiger partial charge on any atom is 0.245 e. The van der Waals surface area contributed by atoms with Crippen molar-refractivity contribution in [3.63, 3.8) is 0 Å². The molecule has 0 aliphatic heterocycles. The van der Waals surface area contributed by atoms with Crippen LogP contribution in [0, 0.1) is 5.92 Å². The van der Waals surface area contributed by atoms with Crippen molar-refractivity contribution in [1.29, 1.82) is 0 Å². The summed E-state index contributed by atoms with van der Waals surface area (Å²) in [6, 6.07) is 7.38. The van der Waals surface area contributed by atoms with Gasteiger partial charge in [-0.15, -0.1) is 0 Å². The minimum Gasteiger partial charge on any atom is -0.326 e. The Morgan fingerprint density at radius 3 is 2.53 bits per heavy atom. The van der Waals surface area contributed by atoms with Crippen molar-refractivity contribution in [3.8, 4) is 0 Å². The molecule has 1 aliphatic carbocycles. The van der Waals surface area contributed by atoms with Gasteiger partial charge in [-0.1, -0.05) is 37.1 Å². The molecule has 1 aromatic rings. The Kier molecular flexibility index (Phi) is 4.11. The summed E-state index contributed by atoms with van der Waals surface area (Å²) in [5.74, 6) is -0.466. The predicted molar refractivity (Wildman–Crippen MR) is 65.0 cm³/mol. The summed E-state index contributed by atoms with van der Waals surface area (Å²) in [5.41, 5.74) is 7.26. The van der Waals surface area contributed by atoms with Crippen LogP contribution in [-0.4, -0.2) is 6.43 Å². The number of nitrogens with two attached hydrogens (primary N) is 1. The highest BCUT2D eigenvalue weighted by Crippen LogP contribution is 2.40. The van der Waals surface area contributed by atoms with Crippen LogP contribution >= 0.6 is 0 Å². The highest BCUT2D eigenvalue weighted by molar-refractivity contribution is 5.27. The highest BCUT2D eigenvalue weighted by atomic mass is 19.3. The largest absolute Gasteiger partial charge is 0.326 e. The zero-order valence-electron chi connectivity index (χ0n) is 9.91. The first-order valence-electron chi connectivity index (χ1n) is 6.29. The van der Waals surface area contributed by atoms with Gasteiger partial charge in [0.25, 0.3) is 0 Å². The Balaban J connectivity index is 2.24. The summed E-state index contributed by atoms with van der Waals surface area (Å²) < 4.78 is 26.5. The Hall–Kier alpha value is -0.960. The molecule has 1 nitrogen and oxygen atoms in total. The molecule has 1 aromatic carbocycles. The second-order valence-electron chi connectivity index (χ2n) is 4.85. The number of alkyl halides is 2. The van der Waals surface area contributed by atoms with Crippen molar-refractivity contribution < 1.29 is 8.78 Å². The lowest BCUT2D eigenvalue weighted by molar-refractivity contribution is 0.0867. The monoisotopic (exact) mass is 239 g/mol. The predicted octanol–water partition coefficient (Wildman–Crippen LogP) is 3.68. The average Bonchev–Trinajstić information content (AvgIpc) is 2.83. The third-order valence-electron chi connectivity index (χ3n) is 3.75. The zero-order chi connectivity index (χ0) is 12.3. The van der Waals surface area contributed by atoms with Gasteiger partial charge >= 0.3 is 0 Å². The fourth-order valence-electron chi connectivity index (χ4n) is 2.87. The second-order valence-corrected chi connectivity index (χ2v) is 4.85. The van der Waals surface area contributed by atoms with Gasteiger partial charge in [0.05, 0.1) is 0 Å². The third-order valence-corrected chi connectivity index (χ3v) is 3.75. The van der Waals surface area contributed by atoms with Crippen LogP contribution in [0.3, 0.4) is 0 Å². The molecule has 1 unspecified atom stereocenters. The highest BCUT2D eigenvalue weighted by Gasteiger charge is 2.33. The molecular weight excluding hydrogens is 220 g/mol. The normalized spacial score (nSPS) is 18.8. The molecule has 1 saturated carbocycles. The van der Waals surface area contributed by atoms with E-state index < -0.39 is 12.3 Å². The fourth-order valence-corrected chi connectivity index (χ4v) is 2.87. The first-order chi connectivity index (χ1) is 8.22. The van der Waals surface area contributed by atoms with Gasteiger partial charge < -0.3 is 5.73 Å². The zero-order valence-corrected chi connectivity index (χ0v) is 9.91. The number of hydrogen-bond donors (Lipinski definition) is 1. The fraction of sp³-hybridized carbons (Fsp3) is 0.571. The summed E-state index contributed by atoms with van der Waals surface area (Å²) in [5, 5.41) is 0. The molecule has 17 heavy (non-hydrogen) atoms. The quantitative estimate of drug-likeness (QED) is 0.852. The van der Waals surface area contributed by atoms with Gasteiger partial charge in [-0.2, -0.15) is 0 Å². The number of halogens is 2. The lowest BCUT2D eigenvalue weighted by atomic mass is 9.84. The van der Waals surface area contributed by atoms with E-state index in [0.717, 1.165) is 36.8 Å². The molecule has 0 amide bonds. The van der Waals surface area contributed by atoms with Gasteiger partial charge in [0.1, 0.15) is 0 Å². The number of hydrogen-bond acceptors (Lipinski definition) is 1. The Morgan fingerprint density at radius 1 is 1.24 bits per heavy atom. The third kappa shape index (κ3) is 2.83. The van der Waals surface area contributed by atoms with E-state index in [-0.39, 0.29) is 5.92 Å². The van der Waals surface area contributed by atoms with Gasteiger partial charge in [0.15, 0.2) is 0 Å². The molecule has 94 valence electrons. The van der Waals surface area contributed by atoms with Crippen molar-refractivity contribution in [2.75, 3.05) is 0 Å². The molecule has 2 rings (SSSR count). The van der Waals surface area contributed by atoms with Crippen LogP contribution in [0.15, 0.2) is 24.3 Å². The molecule has 1 aliphatic rings. The van der Waals surface area contributed by atoms with E-state index in [2.05, 4.69) is 0 Å². The Bertz CT molecular complexity index is 359. The van der Waals surface area contributed by atoms with Gasteiger partial charge in [0.2, 0.25) is 6.43 Å². The Labute approximate surface area is 101 Å². The van der Waals surface area contributed by atoms with Crippen LogP contribution in [0.25, 0.3) is 0 Å². The van der Waals surface area contributed by atoms with Gasteiger partial charge in [-0.3, -0.25) is 0 Å². The molecule has 2 N–H and O–H groups in total. The first kappa shape index (κ1) is 12.5. The van der Waals surface area contributed by atoms with Gasteiger partial charge in [-0.05, 0) is 29.9 Å². The number of rotatable bonds is 4. The van der Waals surface area contributed by atoms with Gasteiger partial charge in [0, 0.05) is 12.5 Å². The average molecular weight is 239 g/mol. The summed E-state index contributed by atoms with van der Waals surface area (Å²) in [6.07, 6.45) is 1.77. The standard InChI is InChI=1S/C14H19F2N/c15-14(16)13(11-5-1-2-6-11)12-7-3-4-10(8-12)9-17/h3-4,7-8,11,13-14H,1-2,5-6,9,17H2. The smallest absolute Gasteiger partial charge is 0.245 e. The molecule has 1 fully saturated rings. The van der Waals surface area contributed by atoms with Crippen molar-refractivity contribution >= 4 is 0 Å². The van der Waals surface area contributed by atoms with Crippen molar-refractivity contribution in [3.05, 3.63) is 35.4 Å². The molecule has 0 spiro atoms. The minimum atomic E-state index is -2.27. The van der Waals surface area contributed by atoms with Crippen LogP contribution in [0.4, 0.5) is 8.78 Å². The molecule has 0 bridgehead atoms. The van der Waals surface area contributed by atoms with Crippen molar-refractivity contribution in [1.82, 2.24) is 0 Å². The topological polar surface area (TPSA) is 26.0 Å². The van der Waals surface area contributed by atoms with E-state index >= 15 is 0 Å². The van der Waals surface area contributed by atoms with Gasteiger partial charge in [-0.25, -0.2) is 8.78 Å². The first-order valence-corrected chi connectivity index (χ1v) is 6.29. The molecular formula is C14H19F2N. The summed E-state index contributed by atoms with van der Waals surface area (Å²) in [4.78, 5) is 0. The summed E-state index contributed by atoms with van der Waals surface area (Å²) in [7, 11) is 0. The molecule has 0 saturated heterocycles. The molecule has 0 heterocycles. The van der Waals surface area contributed by atoms with E-state index in [0.29, 0.717) is 6.54 Å². The molecule has 1 atom stereocenters. The lowest BCUT2D eigenvalue weighted by Crippen LogP contribution is -2.18. The number of benzene rings is 1. The Morgan fingerprint density at radius 2 is 1.94 bits per heavy atom. The van der Waals surface area contributed by atoms with Crippen LogP contribution < -0.4 is 5.73 Å². The molecule has 3 heteroatoms. The van der Waals surface area contributed by atoms with E-state index in [1.807, 2.05) is 24.3 Å². The van der Waals surface area contributed by atoms with E-state index in [4.69, 9.17) is 5.73 Å². The second kappa shape index (κ2) is 5.58. The maximum atomic E-state index is 13.2. The van der Waals surface area contributed by atoms with Crippen LogP contribution in [0.2, 0.25) is 0 Å². The minimum absolute atomic E-state index is 0.142. The van der Waals surface area contributed by atoms with Crippen LogP contribution in [-0.2, 0) is 6.54 Å².